The number of nitrogens with zero attached hydrogens (tertiary/aromatic N) is 3. The zero-order valence-electron chi connectivity index (χ0n) is 15.4. The third kappa shape index (κ3) is 4.08. The summed E-state index contributed by atoms with van der Waals surface area (Å²) in [4.78, 5) is 14.6. The maximum atomic E-state index is 12.5. The topological polar surface area (TPSA) is 59.4 Å². The van der Waals surface area contributed by atoms with Gasteiger partial charge in [-0.25, -0.2) is 4.68 Å². The van der Waals surface area contributed by atoms with Crippen molar-refractivity contribution in [3.63, 3.8) is 0 Å². The van der Waals surface area contributed by atoms with Crippen molar-refractivity contribution >= 4 is 11.6 Å². The Kier molecular flexibility index (Phi) is 5.20. The van der Waals surface area contributed by atoms with Crippen LogP contribution in [0, 0.1) is 20.8 Å². The number of rotatable bonds is 4. The van der Waals surface area contributed by atoms with Gasteiger partial charge in [-0.3, -0.25) is 9.69 Å². The lowest BCUT2D eigenvalue weighted by Crippen LogP contribution is -2.44. The van der Waals surface area contributed by atoms with Gasteiger partial charge in [-0.2, -0.15) is 5.10 Å². The number of hydrogen-bond acceptors (Lipinski definition) is 4. The van der Waals surface area contributed by atoms with Crippen molar-refractivity contribution in [1.29, 1.82) is 0 Å². The molecule has 0 bridgehead atoms. The van der Waals surface area contributed by atoms with Crippen LogP contribution in [0.2, 0.25) is 0 Å². The third-order valence-electron chi connectivity index (χ3n) is 4.53. The lowest BCUT2D eigenvalue weighted by atomic mass is 10.2. The molecular formula is C19H26N4O2. The van der Waals surface area contributed by atoms with E-state index >= 15 is 0 Å². The van der Waals surface area contributed by atoms with Crippen molar-refractivity contribution in [2.45, 2.75) is 33.8 Å². The second-order valence-electron chi connectivity index (χ2n) is 6.76. The van der Waals surface area contributed by atoms with E-state index in [9.17, 15) is 4.79 Å². The van der Waals surface area contributed by atoms with Gasteiger partial charge in [0.15, 0.2) is 0 Å². The highest BCUT2D eigenvalue weighted by Gasteiger charge is 2.21. The van der Waals surface area contributed by atoms with Crippen molar-refractivity contribution in [2.24, 2.45) is 0 Å². The minimum absolute atomic E-state index is 0.0104. The number of benzene rings is 1. The average Bonchev–Trinajstić information content (AvgIpc) is 2.84. The summed E-state index contributed by atoms with van der Waals surface area (Å²) in [7, 11) is 0. The summed E-state index contributed by atoms with van der Waals surface area (Å²) in [6.07, 6.45) is 0.175. The number of hydrogen-bond donors (Lipinski definition) is 1. The normalized spacial score (nSPS) is 18.3. The maximum Gasteiger partial charge on any atom is 0.238 e. The molecule has 1 aliphatic rings. The monoisotopic (exact) mass is 342 g/mol. The first kappa shape index (κ1) is 17.6. The van der Waals surface area contributed by atoms with Crippen LogP contribution in [0.1, 0.15) is 23.9 Å². The first-order valence-electron chi connectivity index (χ1n) is 8.71. The maximum absolute atomic E-state index is 12.5. The van der Waals surface area contributed by atoms with Crippen molar-refractivity contribution < 1.29 is 9.53 Å². The molecule has 6 nitrogen and oxygen atoms in total. The summed E-state index contributed by atoms with van der Waals surface area (Å²) >= 11 is 0. The number of ether oxygens (including phenoxy) is 1. The number of amides is 1. The highest BCUT2D eigenvalue weighted by Crippen LogP contribution is 2.23. The summed E-state index contributed by atoms with van der Waals surface area (Å²) < 4.78 is 7.40. The smallest absolute Gasteiger partial charge is 0.238 e. The molecule has 2 aromatic rings. The number of nitrogens with one attached hydrogen (secondary N) is 1. The van der Waals surface area contributed by atoms with Gasteiger partial charge in [0.1, 0.15) is 0 Å². The van der Waals surface area contributed by atoms with Gasteiger partial charge in [0, 0.05) is 13.1 Å². The van der Waals surface area contributed by atoms with E-state index in [1.807, 2.05) is 37.6 Å². The van der Waals surface area contributed by atoms with Crippen LogP contribution in [0.5, 0.6) is 0 Å². The predicted octanol–water partition coefficient (Wildman–Crippen LogP) is 2.46. The van der Waals surface area contributed by atoms with Gasteiger partial charge in [0.05, 0.1) is 42.0 Å². The Hall–Kier alpha value is -2.18. The quantitative estimate of drug-likeness (QED) is 0.927. The Morgan fingerprint density at radius 2 is 2.00 bits per heavy atom. The second-order valence-corrected chi connectivity index (χ2v) is 6.76. The fourth-order valence-electron chi connectivity index (χ4n) is 3.18. The fourth-order valence-corrected chi connectivity index (χ4v) is 3.18. The molecule has 0 radical (unpaired) electrons. The van der Waals surface area contributed by atoms with E-state index in [-0.39, 0.29) is 12.0 Å². The molecular weight excluding hydrogens is 316 g/mol. The van der Waals surface area contributed by atoms with Crippen LogP contribution in [0.3, 0.4) is 0 Å². The SMILES string of the molecule is Cc1ccc(-n2nc(C)c(NC(=O)CN3CCO[C@@H](C)C3)c2C)cc1. The fraction of sp³-hybridized carbons (Fsp3) is 0.474. The lowest BCUT2D eigenvalue weighted by molar-refractivity contribution is -0.119. The molecule has 1 aromatic carbocycles. The van der Waals surface area contributed by atoms with Gasteiger partial charge in [-0.15, -0.1) is 0 Å². The minimum atomic E-state index is -0.0104. The Bertz CT molecular complexity index is 752. The molecule has 0 spiro atoms. The number of aromatic nitrogens is 2. The van der Waals surface area contributed by atoms with Crippen LogP contribution in [-0.4, -0.2) is 52.9 Å². The number of carbonyl (C=O) groups is 1. The van der Waals surface area contributed by atoms with Crippen molar-refractivity contribution in [1.82, 2.24) is 14.7 Å². The van der Waals surface area contributed by atoms with Crippen LogP contribution < -0.4 is 5.32 Å². The Balaban J connectivity index is 1.72. The van der Waals surface area contributed by atoms with Gasteiger partial charge in [-0.1, -0.05) is 17.7 Å². The Morgan fingerprint density at radius 1 is 1.28 bits per heavy atom. The van der Waals surface area contributed by atoms with E-state index in [1.54, 1.807) is 0 Å². The summed E-state index contributed by atoms with van der Waals surface area (Å²) in [6, 6.07) is 8.19. The largest absolute Gasteiger partial charge is 0.376 e. The summed E-state index contributed by atoms with van der Waals surface area (Å²) in [5.41, 5.74) is 4.76. The van der Waals surface area contributed by atoms with E-state index in [2.05, 4.69) is 34.4 Å². The number of aryl methyl sites for hydroxylation is 2. The van der Waals surface area contributed by atoms with Gasteiger partial charge < -0.3 is 10.1 Å². The van der Waals surface area contributed by atoms with Crippen LogP contribution in [0.25, 0.3) is 5.69 Å². The van der Waals surface area contributed by atoms with E-state index < -0.39 is 0 Å². The summed E-state index contributed by atoms with van der Waals surface area (Å²) in [6.45, 7) is 10.6. The number of anilines is 1. The van der Waals surface area contributed by atoms with E-state index in [4.69, 9.17) is 4.74 Å². The number of carbonyl (C=O) groups excluding carboxylic acids is 1. The summed E-state index contributed by atoms with van der Waals surface area (Å²) in [5, 5.41) is 7.63. The molecule has 0 aliphatic carbocycles. The van der Waals surface area contributed by atoms with Gasteiger partial charge in [-0.05, 0) is 39.8 Å². The van der Waals surface area contributed by atoms with Crippen molar-refractivity contribution in [3.05, 3.63) is 41.2 Å². The predicted molar refractivity (Wildman–Crippen MR) is 98.3 cm³/mol. The van der Waals surface area contributed by atoms with E-state index in [0.717, 1.165) is 35.9 Å². The standard InChI is InChI=1S/C19H26N4O2/c1-13-5-7-17(8-6-13)23-16(4)19(15(3)21-23)20-18(24)12-22-9-10-25-14(2)11-22/h5-8,14H,9-12H2,1-4H3,(H,20,24)/t14-/m0/s1. The molecule has 0 unspecified atom stereocenters. The zero-order valence-corrected chi connectivity index (χ0v) is 15.4. The lowest BCUT2D eigenvalue weighted by Gasteiger charge is -2.30. The molecule has 1 N–H and O–H groups in total. The molecule has 1 atom stereocenters. The molecule has 0 saturated carbocycles. The van der Waals surface area contributed by atoms with Crippen LogP contribution in [-0.2, 0) is 9.53 Å². The summed E-state index contributed by atoms with van der Waals surface area (Å²) in [5.74, 6) is -0.0104. The molecule has 134 valence electrons. The first-order valence-corrected chi connectivity index (χ1v) is 8.71. The average molecular weight is 342 g/mol. The van der Waals surface area contributed by atoms with E-state index in [0.29, 0.717) is 13.2 Å². The third-order valence-corrected chi connectivity index (χ3v) is 4.53. The molecule has 6 heteroatoms. The second kappa shape index (κ2) is 7.37. The molecule has 1 amide bonds. The van der Waals surface area contributed by atoms with Crippen molar-refractivity contribution in [3.8, 4) is 5.69 Å². The van der Waals surface area contributed by atoms with Crippen LogP contribution >= 0.6 is 0 Å². The van der Waals surface area contributed by atoms with Gasteiger partial charge in [0.25, 0.3) is 0 Å². The number of morpholine rings is 1. The highest BCUT2D eigenvalue weighted by atomic mass is 16.5. The van der Waals surface area contributed by atoms with Gasteiger partial charge in [0.2, 0.25) is 5.91 Å². The highest BCUT2D eigenvalue weighted by molar-refractivity contribution is 5.93. The van der Waals surface area contributed by atoms with Crippen molar-refractivity contribution in [2.75, 3.05) is 31.6 Å². The van der Waals surface area contributed by atoms with Crippen LogP contribution in [0.4, 0.5) is 5.69 Å². The molecule has 1 saturated heterocycles. The molecule has 2 heterocycles. The van der Waals surface area contributed by atoms with E-state index in [1.165, 1.54) is 5.56 Å². The molecule has 25 heavy (non-hydrogen) atoms. The Morgan fingerprint density at radius 3 is 2.68 bits per heavy atom. The minimum Gasteiger partial charge on any atom is -0.376 e. The molecule has 1 aromatic heterocycles. The Labute approximate surface area is 148 Å². The zero-order chi connectivity index (χ0) is 18.0. The van der Waals surface area contributed by atoms with Gasteiger partial charge >= 0.3 is 0 Å². The molecule has 1 fully saturated rings. The first-order chi connectivity index (χ1) is 11.9. The molecule has 1 aliphatic heterocycles. The van der Waals surface area contributed by atoms with Crippen LogP contribution in [0.15, 0.2) is 24.3 Å². The molecule has 3 rings (SSSR count).